The van der Waals surface area contributed by atoms with E-state index >= 15 is 0 Å². The van der Waals surface area contributed by atoms with E-state index < -0.39 is 0 Å². The zero-order valence-corrected chi connectivity index (χ0v) is 12.0. The third-order valence-corrected chi connectivity index (χ3v) is 3.85. The summed E-state index contributed by atoms with van der Waals surface area (Å²) in [4.78, 5) is 12.2. The predicted octanol–water partition coefficient (Wildman–Crippen LogP) is 2.23. The fraction of sp³-hybridized carbons (Fsp3) is 0.471. The van der Waals surface area contributed by atoms with Crippen molar-refractivity contribution in [2.45, 2.75) is 32.6 Å². The second-order valence-electron chi connectivity index (χ2n) is 5.40. The molecule has 0 radical (unpaired) electrons. The first-order valence-electron chi connectivity index (χ1n) is 7.28. The molecule has 3 N–H and O–H groups in total. The Morgan fingerprint density at radius 2 is 2.15 bits per heavy atom. The van der Waals surface area contributed by atoms with Crippen molar-refractivity contribution in [2.75, 3.05) is 13.1 Å². The summed E-state index contributed by atoms with van der Waals surface area (Å²) in [7, 11) is 0. The van der Waals surface area contributed by atoms with Crippen molar-refractivity contribution < 1.29 is 4.79 Å². The van der Waals surface area contributed by atoms with E-state index in [9.17, 15) is 4.79 Å². The van der Waals surface area contributed by atoms with Gasteiger partial charge in [0.1, 0.15) is 0 Å². The minimum Gasteiger partial charge on any atom is -0.352 e. The van der Waals surface area contributed by atoms with Crippen molar-refractivity contribution in [3.63, 3.8) is 0 Å². The number of nitrogens with two attached hydrogens (primary N) is 1. The quantitative estimate of drug-likeness (QED) is 0.828. The number of carbonyl (C=O) groups excluding carboxylic acids is 1. The highest BCUT2D eigenvalue weighted by Crippen LogP contribution is 2.23. The second kappa shape index (κ2) is 7.12. The molecule has 0 aromatic heterocycles. The van der Waals surface area contributed by atoms with Crippen LogP contribution < -0.4 is 11.1 Å². The first-order chi connectivity index (χ1) is 9.70. The lowest BCUT2D eigenvalue weighted by molar-refractivity contribution is 0.0947. The van der Waals surface area contributed by atoms with Gasteiger partial charge in [0, 0.05) is 17.7 Å². The Morgan fingerprint density at radius 1 is 1.40 bits per heavy atom. The molecule has 0 heterocycles. The summed E-state index contributed by atoms with van der Waals surface area (Å²) < 4.78 is 0. The SMILES string of the molecule is Cc1ccc(C(=O)NCC2CCCC2)cc1C#CCN. The van der Waals surface area contributed by atoms with Crippen LogP contribution in [-0.2, 0) is 0 Å². The first-order valence-corrected chi connectivity index (χ1v) is 7.28. The minimum atomic E-state index is -0.00676. The number of amides is 1. The summed E-state index contributed by atoms with van der Waals surface area (Å²) in [5.41, 5.74) is 8.01. The average Bonchev–Trinajstić information content (AvgIpc) is 2.97. The molecule has 3 nitrogen and oxygen atoms in total. The highest BCUT2D eigenvalue weighted by molar-refractivity contribution is 5.94. The van der Waals surface area contributed by atoms with Crippen molar-refractivity contribution in [3.8, 4) is 11.8 Å². The largest absolute Gasteiger partial charge is 0.352 e. The van der Waals surface area contributed by atoms with E-state index in [-0.39, 0.29) is 5.91 Å². The number of rotatable bonds is 3. The maximum absolute atomic E-state index is 12.2. The van der Waals surface area contributed by atoms with Crippen LogP contribution in [0.3, 0.4) is 0 Å². The van der Waals surface area contributed by atoms with Crippen LogP contribution >= 0.6 is 0 Å². The van der Waals surface area contributed by atoms with Gasteiger partial charge < -0.3 is 11.1 Å². The van der Waals surface area contributed by atoms with E-state index in [2.05, 4.69) is 17.2 Å². The smallest absolute Gasteiger partial charge is 0.251 e. The maximum atomic E-state index is 12.2. The van der Waals surface area contributed by atoms with E-state index in [0.717, 1.165) is 17.7 Å². The van der Waals surface area contributed by atoms with Crippen molar-refractivity contribution in [1.82, 2.24) is 5.32 Å². The van der Waals surface area contributed by atoms with Crippen molar-refractivity contribution in [2.24, 2.45) is 11.7 Å². The lowest BCUT2D eigenvalue weighted by Gasteiger charge is -2.11. The fourth-order valence-electron chi connectivity index (χ4n) is 2.60. The van der Waals surface area contributed by atoms with Crippen molar-refractivity contribution in [3.05, 3.63) is 34.9 Å². The number of aryl methyl sites for hydroxylation is 1. The van der Waals surface area contributed by atoms with Gasteiger partial charge in [-0.15, -0.1) is 0 Å². The number of nitrogens with one attached hydrogen (secondary N) is 1. The van der Waals surface area contributed by atoms with Gasteiger partial charge in [-0.1, -0.05) is 30.7 Å². The summed E-state index contributed by atoms with van der Waals surface area (Å²) in [6.45, 7) is 3.11. The molecule has 0 saturated heterocycles. The summed E-state index contributed by atoms with van der Waals surface area (Å²) in [6.07, 6.45) is 5.07. The molecule has 20 heavy (non-hydrogen) atoms. The topological polar surface area (TPSA) is 55.1 Å². The Kier molecular flexibility index (Phi) is 5.20. The third-order valence-electron chi connectivity index (χ3n) is 3.85. The Bertz CT molecular complexity index is 534. The molecule has 1 aromatic rings. The normalized spacial score (nSPS) is 14.7. The van der Waals surface area contributed by atoms with Crippen LogP contribution in [0.15, 0.2) is 18.2 Å². The third kappa shape index (κ3) is 3.85. The molecule has 0 spiro atoms. The monoisotopic (exact) mass is 270 g/mol. The summed E-state index contributed by atoms with van der Waals surface area (Å²) in [5, 5.41) is 3.03. The Hall–Kier alpha value is -1.79. The molecule has 3 heteroatoms. The number of hydrogen-bond acceptors (Lipinski definition) is 2. The number of benzene rings is 1. The molecule has 1 aliphatic carbocycles. The lowest BCUT2D eigenvalue weighted by Crippen LogP contribution is -2.28. The molecule has 1 aromatic carbocycles. The van der Waals surface area contributed by atoms with Gasteiger partial charge in [-0.25, -0.2) is 0 Å². The Balaban J connectivity index is 2.01. The van der Waals surface area contributed by atoms with Crippen LogP contribution in [0.5, 0.6) is 0 Å². The van der Waals surface area contributed by atoms with Gasteiger partial charge in [-0.3, -0.25) is 4.79 Å². The van der Waals surface area contributed by atoms with Crippen LogP contribution in [0.2, 0.25) is 0 Å². The molecule has 0 unspecified atom stereocenters. The predicted molar refractivity (Wildman–Crippen MR) is 81.4 cm³/mol. The van der Waals surface area contributed by atoms with E-state index in [1.165, 1.54) is 25.7 Å². The molecule has 106 valence electrons. The fourth-order valence-corrected chi connectivity index (χ4v) is 2.60. The summed E-state index contributed by atoms with van der Waals surface area (Å²) >= 11 is 0. The Labute approximate surface area is 120 Å². The zero-order valence-electron chi connectivity index (χ0n) is 12.0. The minimum absolute atomic E-state index is 0.00676. The van der Waals surface area contributed by atoms with E-state index in [1.807, 2.05) is 25.1 Å². The zero-order chi connectivity index (χ0) is 14.4. The van der Waals surface area contributed by atoms with Crippen LogP contribution in [0.4, 0.5) is 0 Å². The van der Waals surface area contributed by atoms with Crippen LogP contribution in [0.25, 0.3) is 0 Å². The molecule has 0 aliphatic heterocycles. The molecular weight excluding hydrogens is 248 g/mol. The summed E-state index contributed by atoms with van der Waals surface area (Å²) in [6, 6.07) is 5.64. The maximum Gasteiger partial charge on any atom is 0.251 e. The van der Waals surface area contributed by atoms with Gasteiger partial charge in [0.15, 0.2) is 0 Å². The lowest BCUT2D eigenvalue weighted by atomic mass is 10.0. The molecular formula is C17H22N2O. The van der Waals surface area contributed by atoms with Gasteiger partial charge in [0.25, 0.3) is 5.91 Å². The number of carbonyl (C=O) groups is 1. The van der Waals surface area contributed by atoms with Gasteiger partial charge in [0.05, 0.1) is 6.54 Å². The molecule has 1 saturated carbocycles. The molecule has 1 aliphatic rings. The molecule has 1 amide bonds. The average molecular weight is 270 g/mol. The highest BCUT2D eigenvalue weighted by Gasteiger charge is 2.16. The molecule has 0 bridgehead atoms. The molecule has 2 rings (SSSR count). The second-order valence-corrected chi connectivity index (χ2v) is 5.40. The van der Waals surface area contributed by atoms with Crippen molar-refractivity contribution in [1.29, 1.82) is 0 Å². The van der Waals surface area contributed by atoms with Gasteiger partial charge >= 0.3 is 0 Å². The van der Waals surface area contributed by atoms with Gasteiger partial charge in [0.2, 0.25) is 0 Å². The van der Waals surface area contributed by atoms with Crippen LogP contribution in [0, 0.1) is 24.7 Å². The van der Waals surface area contributed by atoms with Gasteiger partial charge in [-0.2, -0.15) is 0 Å². The van der Waals surface area contributed by atoms with E-state index in [1.54, 1.807) is 0 Å². The highest BCUT2D eigenvalue weighted by atomic mass is 16.1. The van der Waals surface area contributed by atoms with Gasteiger partial charge in [-0.05, 0) is 43.4 Å². The summed E-state index contributed by atoms with van der Waals surface area (Å²) in [5.74, 6) is 6.49. The molecule has 0 atom stereocenters. The van der Waals surface area contributed by atoms with Crippen LogP contribution in [-0.4, -0.2) is 19.0 Å². The Morgan fingerprint density at radius 3 is 2.85 bits per heavy atom. The van der Waals surface area contributed by atoms with E-state index in [0.29, 0.717) is 18.0 Å². The van der Waals surface area contributed by atoms with Crippen molar-refractivity contribution >= 4 is 5.91 Å². The van der Waals surface area contributed by atoms with E-state index in [4.69, 9.17) is 5.73 Å². The standard InChI is InChI=1S/C17H22N2O/c1-13-8-9-16(11-15(13)7-4-10-18)17(20)19-12-14-5-2-3-6-14/h8-9,11,14H,2-3,5-6,10,12,18H2,1H3,(H,19,20). The van der Waals surface area contributed by atoms with Crippen LogP contribution in [0.1, 0.15) is 47.2 Å². The number of hydrogen-bond donors (Lipinski definition) is 2. The first kappa shape index (κ1) is 14.6. The molecule has 1 fully saturated rings.